The molecular formula is C20H23NO3. The average molecular weight is 325 g/mol. The van der Waals surface area contributed by atoms with Gasteiger partial charge in [-0.2, -0.15) is 0 Å². The van der Waals surface area contributed by atoms with Gasteiger partial charge in [0.25, 0.3) is 0 Å². The van der Waals surface area contributed by atoms with Crippen molar-refractivity contribution < 1.29 is 14.3 Å². The normalized spacial score (nSPS) is 10.6. The minimum absolute atomic E-state index is 0.197. The van der Waals surface area contributed by atoms with E-state index in [0.29, 0.717) is 18.0 Å². The van der Waals surface area contributed by atoms with E-state index in [0.717, 1.165) is 24.2 Å². The van der Waals surface area contributed by atoms with E-state index in [2.05, 4.69) is 12.2 Å². The number of methoxy groups -OCH3 is 1. The van der Waals surface area contributed by atoms with Gasteiger partial charge in [-0.3, -0.25) is 4.79 Å². The topological polar surface area (TPSA) is 47.6 Å². The molecule has 0 heterocycles. The molecule has 0 saturated carbocycles. The summed E-state index contributed by atoms with van der Waals surface area (Å²) in [7, 11) is 1.62. The molecule has 0 bridgehead atoms. The molecule has 1 amide bonds. The summed E-state index contributed by atoms with van der Waals surface area (Å²) in [6.45, 7) is 2.76. The van der Waals surface area contributed by atoms with Crippen molar-refractivity contribution in [1.82, 2.24) is 0 Å². The molecule has 1 N–H and O–H groups in total. The molecule has 2 rings (SSSR count). The van der Waals surface area contributed by atoms with Gasteiger partial charge in [-0.15, -0.1) is 0 Å². The smallest absolute Gasteiger partial charge is 0.248 e. The molecule has 24 heavy (non-hydrogen) atoms. The quantitative estimate of drug-likeness (QED) is 0.573. The van der Waals surface area contributed by atoms with Crippen LogP contribution in [0.15, 0.2) is 54.6 Å². The maximum Gasteiger partial charge on any atom is 0.248 e. The second-order valence-corrected chi connectivity index (χ2v) is 5.29. The Labute approximate surface area is 143 Å². The third kappa shape index (κ3) is 5.47. The van der Waals surface area contributed by atoms with Crippen LogP contribution in [0.2, 0.25) is 0 Å². The van der Waals surface area contributed by atoms with Crippen LogP contribution < -0.4 is 14.8 Å². The fourth-order valence-electron chi connectivity index (χ4n) is 2.08. The Morgan fingerprint density at radius 1 is 1.12 bits per heavy atom. The molecule has 0 saturated heterocycles. The second-order valence-electron chi connectivity index (χ2n) is 5.29. The van der Waals surface area contributed by atoms with Crippen molar-refractivity contribution in [3.8, 4) is 11.5 Å². The fraction of sp³-hybridized carbons (Fsp3) is 0.250. The summed E-state index contributed by atoms with van der Waals surface area (Å²) in [5.74, 6) is 1.28. The molecule has 0 radical (unpaired) electrons. The molecule has 2 aromatic carbocycles. The molecule has 4 heteroatoms. The Hall–Kier alpha value is -2.75. The molecule has 0 spiro atoms. The Kier molecular flexibility index (Phi) is 6.90. The minimum atomic E-state index is -0.197. The zero-order chi connectivity index (χ0) is 17.2. The summed E-state index contributed by atoms with van der Waals surface area (Å²) in [6, 6.07) is 15.0. The van der Waals surface area contributed by atoms with E-state index in [-0.39, 0.29) is 5.91 Å². The molecule has 4 nitrogen and oxygen atoms in total. The van der Waals surface area contributed by atoms with Crippen molar-refractivity contribution >= 4 is 17.7 Å². The number of benzene rings is 2. The first-order chi connectivity index (χ1) is 11.7. The number of nitrogens with one attached hydrogen (secondary N) is 1. The predicted molar refractivity (Wildman–Crippen MR) is 97.5 cm³/mol. The standard InChI is InChI=1S/C20H23NO3/c1-3-4-15-24-19-8-6-5-7-18(19)21-20(22)14-11-16-9-12-17(23-2)13-10-16/h5-14H,3-4,15H2,1-2H3,(H,21,22). The molecule has 2 aromatic rings. The summed E-state index contributed by atoms with van der Waals surface area (Å²) in [5, 5.41) is 2.85. The monoisotopic (exact) mass is 325 g/mol. The molecular weight excluding hydrogens is 302 g/mol. The van der Waals surface area contributed by atoms with E-state index in [1.165, 1.54) is 6.08 Å². The number of carbonyl (C=O) groups excluding carboxylic acids is 1. The van der Waals surface area contributed by atoms with Gasteiger partial charge in [0, 0.05) is 6.08 Å². The van der Waals surface area contributed by atoms with Gasteiger partial charge in [0.15, 0.2) is 0 Å². The lowest BCUT2D eigenvalue weighted by Crippen LogP contribution is -2.09. The molecule has 0 aliphatic carbocycles. The fourth-order valence-corrected chi connectivity index (χ4v) is 2.08. The number of hydrogen-bond acceptors (Lipinski definition) is 3. The van der Waals surface area contributed by atoms with E-state index >= 15 is 0 Å². The highest BCUT2D eigenvalue weighted by molar-refractivity contribution is 6.02. The first kappa shape index (κ1) is 17.6. The van der Waals surface area contributed by atoms with Crippen LogP contribution in [0.25, 0.3) is 6.08 Å². The predicted octanol–water partition coefficient (Wildman–Crippen LogP) is 4.53. The van der Waals surface area contributed by atoms with Crippen LogP contribution in [0.4, 0.5) is 5.69 Å². The molecule has 0 aliphatic rings. The summed E-state index contributed by atoms with van der Waals surface area (Å²) in [4.78, 5) is 12.1. The maximum absolute atomic E-state index is 12.1. The highest BCUT2D eigenvalue weighted by atomic mass is 16.5. The van der Waals surface area contributed by atoms with E-state index < -0.39 is 0 Å². The van der Waals surface area contributed by atoms with Crippen LogP contribution in [0, 0.1) is 0 Å². The molecule has 0 fully saturated rings. The summed E-state index contributed by atoms with van der Waals surface area (Å²) in [6.07, 6.45) is 5.32. The Balaban J connectivity index is 1.97. The number of carbonyl (C=O) groups is 1. The maximum atomic E-state index is 12.1. The van der Waals surface area contributed by atoms with E-state index in [4.69, 9.17) is 9.47 Å². The van der Waals surface area contributed by atoms with E-state index in [9.17, 15) is 4.79 Å². The van der Waals surface area contributed by atoms with Crippen LogP contribution in [-0.2, 0) is 4.79 Å². The first-order valence-corrected chi connectivity index (χ1v) is 8.08. The average Bonchev–Trinajstić information content (AvgIpc) is 2.62. The molecule has 126 valence electrons. The van der Waals surface area contributed by atoms with Gasteiger partial charge in [-0.05, 0) is 42.3 Å². The van der Waals surface area contributed by atoms with Crippen LogP contribution in [0.5, 0.6) is 11.5 Å². The molecule has 0 aromatic heterocycles. The molecule has 0 atom stereocenters. The number of hydrogen-bond donors (Lipinski definition) is 1. The van der Waals surface area contributed by atoms with Crippen molar-refractivity contribution in [2.45, 2.75) is 19.8 Å². The second kappa shape index (κ2) is 9.40. The van der Waals surface area contributed by atoms with Crippen molar-refractivity contribution in [1.29, 1.82) is 0 Å². The van der Waals surface area contributed by atoms with Gasteiger partial charge >= 0.3 is 0 Å². The SMILES string of the molecule is CCCCOc1ccccc1NC(=O)C=Cc1ccc(OC)cc1. The van der Waals surface area contributed by atoms with Crippen molar-refractivity contribution in [2.24, 2.45) is 0 Å². The summed E-state index contributed by atoms with van der Waals surface area (Å²) < 4.78 is 10.8. The largest absolute Gasteiger partial charge is 0.497 e. The number of rotatable bonds is 8. The lowest BCUT2D eigenvalue weighted by Gasteiger charge is -2.11. The number of para-hydroxylation sites is 2. The number of ether oxygens (including phenoxy) is 2. The van der Waals surface area contributed by atoms with Gasteiger partial charge in [-0.1, -0.05) is 37.6 Å². The molecule has 0 unspecified atom stereocenters. The van der Waals surface area contributed by atoms with Gasteiger partial charge in [0.1, 0.15) is 11.5 Å². The van der Waals surface area contributed by atoms with E-state index in [1.54, 1.807) is 13.2 Å². The first-order valence-electron chi connectivity index (χ1n) is 8.08. The number of unbranched alkanes of at least 4 members (excludes halogenated alkanes) is 1. The van der Waals surface area contributed by atoms with Gasteiger partial charge in [0.2, 0.25) is 5.91 Å². The Morgan fingerprint density at radius 3 is 2.58 bits per heavy atom. The summed E-state index contributed by atoms with van der Waals surface area (Å²) >= 11 is 0. The minimum Gasteiger partial charge on any atom is -0.497 e. The van der Waals surface area contributed by atoms with Crippen LogP contribution >= 0.6 is 0 Å². The van der Waals surface area contributed by atoms with Crippen molar-refractivity contribution in [3.63, 3.8) is 0 Å². The Morgan fingerprint density at radius 2 is 1.88 bits per heavy atom. The third-order valence-electron chi connectivity index (χ3n) is 3.44. The van der Waals surface area contributed by atoms with E-state index in [1.807, 2.05) is 48.5 Å². The lowest BCUT2D eigenvalue weighted by atomic mass is 10.2. The van der Waals surface area contributed by atoms with Gasteiger partial charge in [-0.25, -0.2) is 0 Å². The highest BCUT2D eigenvalue weighted by Gasteiger charge is 2.05. The zero-order valence-corrected chi connectivity index (χ0v) is 14.1. The highest BCUT2D eigenvalue weighted by Crippen LogP contribution is 2.24. The lowest BCUT2D eigenvalue weighted by molar-refractivity contribution is -0.111. The third-order valence-corrected chi connectivity index (χ3v) is 3.44. The van der Waals surface area contributed by atoms with Gasteiger partial charge < -0.3 is 14.8 Å². The van der Waals surface area contributed by atoms with Gasteiger partial charge in [0.05, 0.1) is 19.4 Å². The summed E-state index contributed by atoms with van der Waals surface area (Å²) in [5.41, 5.74) is 1.61. The number of anilines is 1. The van der Waals surface area contributed by atoms with Crippen LogP contribution in [-0.4, -0.2) is 19.6 Å². The van der Waals surface area contributed by atoms with Crippen LogP contribution in [0.3, 0.4) is 0 Å². The van der Waals surface area contributed by atoms with Crippen molar-refractivity contribution in [2.75, 3.05) is 19.0 Å². The molecule has 0 aliphatic heterocycles. The van der Waals surface area contributed by atoms with Crippen LogP contribution in [0.1, 0.15) is 25.3 Å². The zero-order valence-electron chi connectivity index (χ0n) is 14.1. The number of amides is 1. The Bertz CT molecular complexity index is 678. The van der Waals surface area contributed by atoms with Crippen molar-refractivity contribution in [3.05, 3.63) is 60.2 Å².